The van der Waals surface area contributed by atoms with Crippen molar-refractivity contribution < 1.29 is 5.11 Å². The summed E-state index contributed by atoms with van der Waals surface area (Å²) in [6.45, 7) is 0. The molecule has 0 aliphatic carbocycles. The summed E-state index contributed by atoms with van der Waals surface area (Å²) >= 11 is 1.90. The molecule has 2 aromatic carbocycles. The zero-order valence-corrected chi connectivity index (χ0v) is 11.5. The van der Waals surface area contributed by atoms with Crippen LogP contribution in [0.3, 0.4) is 0 Å². The second-order valence-electron chi connectivity index (χ2n) is 2.82. The lowest BCUT2D eigenvalue weighted by Gasteiger charge is -1.82. The minimum atomic E-state index is 0. The van der Waals surface area contributed by atoms with Crippen molar-refractivity contribution in [1.82, 2.24) is 0 Å². The normalized spacial score (nSPS) is 8.07. The first kappa shape index (κ1) is 14.5. The van der Waals surface area contributed by atoms with Crippen LogP contribution < -0.4 is 3.69 Å². The van der Waals surface area contributed by atoms with E-state index in [0.717, 1.165) is 0 Å². The van der Waals surface area contributed by atoms with Gasteiger partial charge in [0.05, 0.1) is 0 Å². The quantitative estimate of drug-likeness (QED) is 0.733. The van der Waals surface area contributed by atoms with Gasteiger partial charge in [-0.1, -0.05) is 36.4 Å². The highest BCUT2D eigenvalue weighted by molar-refractivity contribution is 8.93. The molecule has 0 saturated carbocycles. The maximum absolute atomic E-state index is 8.63. The van der Waals surface area contributed by atoms with Crippen molar-refractivity contribution in [3.8, 4) is 5.75 Å². The molecule has 0 spiro atoms. The van der Waals surface area contributed by atoms with Gasteiger partial charge in [-0.05, 0) is 12.1 Å². The van der Waals surface area contributed by atoms with Crippen LogP contribution >= 0.6 is 17.0 Å². The molecular weight excluding hydrogens is 264 g/mol. The maximum Gasteiger partial charge on any atom is 1.47 e. The van der Waals surface area contributed by atoms with Crippen molar-refractivity contribution in [2.24, 2.45) is 0 Å². The van der Waals surface area contributed by atoms with Crippen molar-refractivity contribution >= 4 is 42.4 Å². The van der Waals surface area contributed by atoms with Gasteiger partial charge in [0.25, 0.3) is 0 Å². The minimum absolute atomic E-state index is 0. The molecule has 0 fully saturated rings. The first-order valence-corrected chi connectivity index (χ1v) is 5.11. The van der Waals surface area contributed by atoms with E-state index in [9.17, 15) is 0 Å². The van der Waals surface area contributed by atoms with Gasteiger partial charge in [-0.15, -0.1) is 17.0 Å². The SMILES string of the molecule is Br.Oc1ccccc1.[Mg+2][c]1ccccc1. The summed E-state index contributed by atoms with van der Waals surface area (Å²) in [5, 5.41) is 8.63. The van der Waals surface area contributed by atoms with Crippen molar-refractivity contribution in [2.45, 2.75) is 0 Å². The van der Waals surface area contributed by atoms with E-state index in [2.05, 4.69) is 12.1 Å². The van der Waals surface area contributed by atoms with Gasteiger partial charge in [-0.25, -0.2) is 0 Å². The Bertz CT molecular complexity index is 313. The van der Waals surface area contributed by atoms with E-state index in [1.54, 1.807) is 24.3 Å². The Morgan fingerprint density at radius 3 is 1.33 bits per heavy atom. The third-order valence-corrected chi connectivity index (χ3v) is 2.07. The summed E-state index contributed by atoms with van der Waals surface area (Å²) in [5.74, 6) is 0.322. The summed E-state index contributed by atoms with van der Waals surface area (Å²) in [6, 6.07) is 19.0. The molecule has 2 rings (SSSR count). The Labute approximate surface area is 113 Å². The molecular formula is C12H12BrMgO+2. The number of hydrogen-bond donors (Lipinski definition) is 1. The number of phenolic OH excluding ortho intramolecular Hbond substituents is 1. The molecule has 73 valence electrons. The van der Waals surface area contributed by atoms with Crippen LogP contribution in [0.15, 0.2) is 60.7 Å². The monoisotopic (exact) mass is 275 g/mol. The highest BCUT2D eigenvalue weighted by atomic mass is 79.9. The first-order chi connectivity index (χ1) is 6.79. The van der Waals surface area contributed by atoms with Crippen LogP contribution in [-0.4, -0.2) is 26.8 Å². The fourth-order valence-electron chi connectivity index (χ4n) is 0.906. The Morgan fingerprint density at radius 1 is 0.733 bits per heavy atom. The molecule has 0 heterocycles. The number of phenols is 1. The predicted octanol–water partition coefficient (Wildman–Crippen LogP) is 2.45. The van der Waals surface area contributed by atoms with Crippen molar-refractivity contribution in [3.63, 3.8) is 0 Å². The van der Waals surface area contributed by atoms with E-state index in [0.29, 0.717) is 5.75 Å². The van der Waals surface area contributed by atoms with Crippen LogP contribution in [0, 0.1) is 0 Å². The summed E-state index contributed by atoms with van der Waals surface area (Å²) in [6.07, 6.45) is 0. The van der Waals surface area contributed by atoms with Crippen molar-refractivity contribution in [3.05, 3.63) is 60.7 Å². The molecule has 0 aromatic heterocycles. The van der Waals surface area contributed by atoms with E-state index in [1.807, 2.05) is 46.0 Å². The van der Waals surface area contributed by atoms with E-state index in [-0.39, 0.29) is 17.0 Å². The smallest absolute Gasteiger partial charge is 0.508 e. The molecule has 0 aliphatic rings. The molecule has 0 amide bonds. The maximum atomic E-state index is 8.63. The summed E-state index contributed by atoms with van der Waals surface area (Å²) in [5.41, 5.74) is 0. The first-order valence-electron chi connectivity index (χ1n) is 4.40. The molecule has 15 heavy (non-hydrogen) atoms. The Balaban J connectivity index is 0.000000245. The molecule has 0 unspecified atom stereocenters. The van der Waals surface area contributed by atoms with Gasteiger partial charge in [-0.3, -0.25) is 0 Å². The fraction of sp³-hybridized carbons (Fsp3) is 0. The van der Waals surface area contributed by atoms with Crippen LogP contribution in [0.4, 0.5) is 0 Å². The van der Waals surface area contributed by atoms with E-state index in [4.69, 9.17) is 5.11 Å². The molecule has 1 N–H and O–H groups in total. The van der Waals surface area contributed by atoms with Gasteiger partial charge >= 0.3 is 25.4 Å². The lowest BCUT2D eigenvalue weighted by molar-refractivity contribution is 0.475. The lowest BCUT2D eigenvalue weighted by atomic mass is 10.3. The molecule has 0 aliphatic heterocycles. The average molecular weight is 276 g/mol. The summed E-state index contributed by atoms with van der Waals surface area (Å²) in [7, 11) is 0. The van der Waals surface area contributed by atoms with Gasteiger partial charge in [0.1, 0.15) is 5.75 Å². The number of para-hydroxylation sites is 1. The van der Waals surface area contributed by atoms with E-state index >= 15 is 0 Å². The minimum Gasteiger partial charge on any atom is -0.508 e. The summed E-state index contributed by atoms with van der Waals surface area (Å²) < 4.78 is 1.35. The van der Waals surface area contributed by atoms with Gasteiger partial charge in [-0.2, -0.15) is 0 Å². The van der Waals surface area contributed by atoms with E-state index in [1.165, 1.54) is 3.69 Å². The highest BCUT2D eigenvalue weighted by Crippen LogP contribution is 2.02. The van der Waals surface area contributed by atoms with Gasteiger partial charge in [0.15, 0.2) is 0 Å². The number of halogens is 1. The van der Waals surface area contributed by atoms with Gasteiger partial charge in [0, 0.05) is 12.1 Å². The molecule has 3 heteroatoms. The second-order valence-corrected chi connectivity index (χ2v) is 3.64. The zero-order valence-electron chi connectivity index (χ0n) is 8.34. The van der Waals surface area contributed by atoms with Crippen LogP contribution in [0.2, 0.25) is 0 Å². The topological polar surface area (TPSA) is 20.2 Å². The number of aromatic hydroxyl groups is 1. The number of rotatable bonds is 0. The van der Waals surface area contributed by atoms with Crippen LogP contribution in [-0.2, 0) is 0 Å². The lowest BCUT2D eigenvalue weighted by Crippen LogP contribution is -1.97. The van der Waals surface area contributed by atoms with Gasteiger partial charge in [0.2, 0.25) is 0 Å². The molecule has 1 nitrogen and oxygen atoms in total. The molecule has 0 atom stereocenters. The second kappa shape index (κ2) is 8.77. The number of benzene rings is 2. The highest BCUT2D eigenvalue weighted by Gasteiger charge is 2.28. The molecule has 0 bridgehead atoms. The standard InChI is InChI=1S/C6H6O.C6H5.BrH.Mg/c7-6-4-2-1-3-5-6;1-2-4-6-5-3-1;;/h1-5,7H;1-5H;1H;/q;;;+2. The third-order valence-electron chi connectivity index (χ3n) is 1.60. The molecule has 7 radical (unpaired) electrons. The number of hydrogen-bond acceptors (Lipinski definition) is 1. The van der Waals surface area contributed by atoms with Crippen LogP contribution in [0.5, 0.6) is 5.75 Å². The van der Waals surface area contributed by atoms with E-state index < -0.39 is 0 Å². The summed E-state index contributed by atoms with van der Waals surface area (Å²) in [4.78, 5) is 0. The largest absolute Gasteiger partial charge is 1.47 e. The van der Waals surface area contributed by atoms with Crippen molar-refractivity contribution in [2.75, 3.05) is 0 Å². The molecule has 0 saturated heterocycles. The van der Waals surface area contributed by atoms with Gasteiger partial charge < -0.3 is 5.11 Å². The average Bonchev–Trinajstić information content (AvgIpc) is 2.21. The third kappa shape index (κ3) is 7.42. The fourth-order valence-corrected chi connectivity index (χ4v) is 1.18. The predicted molar refractivity (Wildman–Crippen MR) is 70.3 cm³/mol. The van der Waals surface area contributed by atoms with Crippen molar-refractivity contribution in [1.29, 1.82) is 0 Å². The Hall–Kier alpha value is -0.514. The Morgan fingerprint density at radius 2 is 1.13 bits per heavy atom. The Kier molecular flexibility index (Phi) is 8.47. The molecule has 2 aromatic rings. The van der Waals surface area contributed by atoms with Crippen LogP contribution in [0.1, 0.15) is 0 Å². The van der Waals surface area contributed by atoms with Crippen LogP contribution in [0.25, 0.3) is 0 Å². The zero-order chi connectivity index (χ0) is 10.2.